The van der Waals surface area contributed by atoms with Crippen molar-refractivity contribution in [3.8, 4) is 5.75 Å². The summed E-state index contributed by atoms with van der Waals surface area (Å²) in [4.78, 5) is 26.3. The molecule has 1 saturated heterocycles. The first kappa shape index (κ1) is 17.0. The van der Waals surface area contributed by atoms with Crippen molar-refractivity contribution in [2.75, 3.05) is 6.61 Å². The third kappa shape index (κ3) is 2.30. The smallest absolute Gasteiger partial charge is 0.254 e. The SMILES string of the molecule is CCOc1ccc2ccccc2c1/C=N\N1C(=O)[C@@H]2[C@H]3C=C[C@@H]([C@@H]4C[C@H]34)[C@@H]2C1=O. The Bertz CT molecular complexity index is 1070. The summed E-state index contributed by atoms with van der Waals surface area (Å²) in [6.45, 7) is 2.46. The largest absolute Gasteiger partial charge is 0.493 e. The predicted molar refractivity (Wildman–Crippen MR) is 109 cm³/mol. The first-order valence-corrected chi connectivity index (χ1v) is 10.4. The molecule has 2 aromatic carbocycles. The van der Waals surface area contributed by atoms with Gasteiger partial charge in [-0.25, -0.2) is 0 Å². The summed E-state index contributed by atoms with van der Waals surface area (Å²) in [5.74, 6) is 1.58. The molecule has 7 rings (SSSR count). The molecule has 1 heterocycles. The Labute approximate surface area is 169 Å². The van der Waals surface area contributed by atoms with Crippen molar-refractivity contribution in [1.29, 1.82) is 0 Å². The van der Waals surface area contributed by atoms with E-state index in [1.165, 1.54) is 0 Å². The molecule has 2 saturated carbocycles. The first-order valence-electron chi connectivity index (χ1n) is 10.4. The Balaban J connectivity index is 1.38. The van der Waals surface area contributed by atoms with Crippen LogP contribution in [0.3, 0.4) is 0 Å². The maximum atomic E-state index is 13.1. The zero-order chi connectivity index (χ0) is 19.7. The number of fused-ring (bicyclic) bond motifs is 1. The Morgan fingerprint density at radius 1 is 1.03 bits per heavy atom. The molecule has 4 aliphatic carbocycles. The molecule has 0 radical (unpaired) electrons. The van der Waals surface area contributed by atoms with Crippen molar-refractivity contribution in [1.82, 2.24) is 5.01 Å². The second kappa shape index (κ2) is 6.02. The van der Waals surface area contributed by atoms with Crippen LogP contribution < -0.4 is 4.74 Å². The fraction of sp³-hybridized carbons (Fsp3) is 0.375. The summed E-state index contributed by atoms with van der Waals surface area (Å²) in [6, 6.07) is 11.9. The zero-order valence-electron chi connectivity index (χ0n) is 16.2. The van der Waals surface area contributed by atoms with Crippen molar-refractivity contribution in [3.05, 3.63) is 54.1 Å². The van der Waals surface area contributed by atoms with Crippen molar-refractivity contribution < 1.29 is 14.3 Å². The third-order valence-corrected chi connectivity index (χ3v) is 7.17. The average molecular weight is 386 g/mol. The lowest BCUT2D eigenvalue weighted by Crippen LogP contribution is -2.40. The summed E-state index contributed by atoms with van der Waals surface area (Å²) in [5, 5.41) is 7.59. The van der Waals surface area contributed by atoms with E-state index >= 15 is 0 Å². The molecule has 1 aliphatic heterocycles. The van der Waals surface area contributed by atoms with Gasteiger partial charge in [0, 0.05) is 5.56 Å². The first-order chi connectivity index (χ1) is 14.2. The molecule has 146 valence electrons. The van der Waals surface area contributed by atoms with E-state index in [4.69, 9.17) is 4.74 Å². The number of carbonyl (C=O) groups excluding carboxylic acids is 2. The third-order valence-electron chi connectivity index (χ3n) is 7.17. The topological polar surface area (TPSA) is 59.0 Å². The molecule has 2 amide bonds. The second-order valence-electron chi connectivity index (χ2n) is 8.52. The van der Waals surface area contributed by atoms with E-state index in [0.717, 1.165) is 27.8 Å². The van der Waals surface area contributed by atoms with Gasteiger partial charge in [0.25, 0.3) is 11.8 Å². The van der Waals surface area contributed by atoms with Crippen molar-refractivity contribution >= 4 is 28.8 Å². The van der Waals surface area contributed by atoms with Crippen LogP contribution in [-0.2, 0) is 9.59 Å². The van der Waals surface area contributed by atoms with Gasteiger partial charge in [-0.3, -0.25) is 9.59 Å². The minimum absolute atomic E-state index is 0.140. The molecule has 2 aromatic rings. The van der Waals surface area contributed by atoms with Gasteiger partial charge in [0.2, 0.25) is 0 Å². The van der Waals surface area contributed by atoms with Gasteiger partial charge in [0.15, 0.2) is 0 Å². The number of rotatable bonds is 4. The highest BCUT2D eigenvalue weighted by atomic mass is 16.5. The van der Waals surface area contributed by atoms with E-state index in [-0.39, 0.29) is 35.5 Å². The van der Waals surface area contributed by atoms with Gasteiger partial charge < -0.3 is 4.74 Å². The number of hydrazone groups is 1. The number of nitrogens with zero attached hydrogens (tertiary/aromatic N) is 2. The number of hydrogen-bond acceptors (Lipinski definition) is 4. The molecule has 5 nitrogen and oxygen atoms in total. The average Bonchev–Trinajstić information content (AvgIpc) is 3.53. The van der Waals surface area contributed by atoms with E-state index in [9.17, 15) is 9.59 Å². The van der Waals surface area contributed by atoms with Gasteiger partial charge in [-0.2, -0.15) is 10.1 Å². The van der Waals surface area contributed by atoms with Crippen LogP contribution in [0.25, 0.3) is 10.8 Å². The molecule has 0 unspecified atom stereocenters. The van der Waals surface area contributed by atoms with Gasteiger partial charge >= 0.3 is 0 Å². The predicted octanol–water partition coefficient (Wildman–Crippen LogP) is 3.63. The minimum atomic E-state index is -0.225. The van der Waals surface area contributed by atoms with Gasteiger partial charge in [0.05, 0.1) is 24.7 Å². The molecule has 29 heavy (non-hydrogen) atoms. The molecular formula is C24H22N2O3. The van der Waals surface area contributed by atoms with Gasteiger partial charge in [-0.15, -0.1) is 0 Å². The van der Waals surface area contributed by atoms with E-state index < -0.39 is 0 Å². The molecule has 5 heteroatoms. The summed E-state index contributed by atoms with van der Waals surface area (Å²) in [7, 11) is 0. The van der Waals surface area contributed by atoms with E-state index in [2.05, 4.69) is 17.3 Å². The summed E-state index contributed by atoms with van der Waals surface area (Å²) < 4.78 is 5.78. The van der Waals surface area contributed by atoms with E-state index in [1.807, 2.05) is 43.3 Å². The van der Waals surface area contributed by atoms with Crippen molar-refractivity contribution in [2.45, 2.75) is 13.3 Å². The minimum Gasteiger partial charge on any atom is -0.493 e. The molecule has 0 aromatic heterocycles. The maximum Gasteiger partial charge on any atom is 0.254 e. The van der Waals surface area contributed by atoms with Crippen LogP contribution in [0.15, 0.2) is 53.7 Å². The highest BCUT2D eigenvalue weighted by molar-refractivity contribution is 6.08. The van der Waals surface area contributed by atoms with Crippen LogP contribution in [0.1, 0.15) is 18.9 Å². The van der Waals surface area contributed by atoms with Gasteiger partial charge in [-0.05, 0) is 53.9 Å². The number of hydrogen-bond donors (Lipinski definition) is 0. The monoisotopic (exact) mass is 386 g/mol. The van der Waals surface area contributed by atoms with Crippen molar-refractivity contribution in [3.63, 3.8) is 0 Å². The zero-order valence-corrected chi connectivity index (χ0v) is 16.2. The van der Waals surface area contributed by atoms with E-state index in [1.54, 1.807) is 6.21 Å². The number of imide groups is 1. The van der Waals surface area contributed by atoms with Gasteiger partial charge in [-0.1, -0.05) is 42.5 Å². The lowest BCUT2D eigenvalue weighted by molar-refractivity contribution is -0.140. The number of carbonyl (C=O) groups is 2. The number of allylic oxidation sites excluding steroid dienone is 2. The van der Waals surface area contributed by atoms with Crippen LogP contribution in [0.4, 0.5) is 0 Å². The summed E-state index contributed by atoms with van der Waals surface area (Å²) >= 11 is 0. The molecular weight excluding hydrogens is 364 g/mol. The lowest BCUT2D eigenvalue weighted by atomic mass is 9.63. The van der Waals surface area contributed by atoms with Crippen LogP contribution in [0.2, 0.25) is 0 Å². The lowest BCUT2D eigenvalue weighted by Gasteiger charge is -2.37. The fourth-order valence-electron chi connectivity index (χ4n) is 5.86. The Morgan fingerprint density at radius 3 is 2.41 bits per heavy atom. The Hall–Kier alpha value is -2.95. The number of amides is 2. The highest BCUT2D eigenvalue weighted by Gasteiger charge is 2.67. The molecule has 3 fully saturated rings. The number of ether oxygens (including phenoxy) is 1. The Morgan fingerprint density at radius 2 is 1.72 bits per heavy atom. The normalized spacial score (nSPS) is 34.2. The molecule has 6 atom stereocenters. The quantitative estimate of drug-likeness (QED) is 0.458. The molecule has 2 bridgehead atoms. The highest BCUT2D eigenvalue weighted by Crippen LogP contribution is 2.65. The molecule has 5 aliphatic rings. The van der Waals surface area contributed by atoms with Crippen LogP contribution in [0.5, 0.6) is 5.75 Å². The van der Waals surface area contributed by atoms with Crippen LogP contribution in [0, 0.1) is 35.5 Å². The summed E-state index contributed by atoms with van der Waals surface area (Å²) in [5.41, 5.74) is 0.796. The van der Waals surface area contributed by atoms with Crippen LogP contribution in [-0.4, -0.2) is 29.6 Å². The molecule has 0 N–H and O–H groups in total. The summed E-state index contributed by atoms with van der Waals surface area (Å²) in [6.07, 6.45) is 7.13. The molecule has 0 spiro atoms. The van der Waals surface area contributed by atoms with Crippen molar-refractivity contribution in [2.24, 2.45) is 40.6 Å². The fourth-order valence-corrected chi connectivity index (χ4v) is 5.86. The van der Waals surface area contributed by atoms with Crippen LogP contribution >= 0.6 is 0 Å². The number of benzene rings is 2. The Kier molecular flexibility index (Phi) is 3.52. The van der Waals surface area contributed by atoms with E-state index in [0.29, 0.717) is 24.2 Å². The standard InChI is InChI=1S/C24H22N2O3/c1-2-29-20-10-7-13-5-3-4-6-14(13)19(20)12-25-26-23(27)21-15-8-9-16(18-11-17(15)18)22(21)24(26)28/h3-10,12,15-18,21-22H,2,11H2,1H3/b25-12-/t15-,16-,17-,18+,21-,22+/m0/s1. The second-order valence-corrected chi connectivity index (χ2v) is 8.52. The maximum absolute atomic E-state index is 13.1. The van der Waals surface area contributed by atoms with Gasteiger partial charge in [0.1, 0.15) is 5.75 Å².